The molecule has 1 aliphatic heterocycles. The Bertz CT molecular complexity index is 447. The van der Waals surface area contributed by atoms with Gasteiger partial charge in [-0.15, -0.1) is 0 Å². The van der Waals surface area contributed by atoms with Gasteiger partial charge in [0.25, 0.3) is 0 Å². The second-order valence-corrected chi connectivity index (χ2v) is 5.75. The van der Waals surface area contributed by atoms with Crippen LogP contribution < -0.4 is 4.74 Å². The third-order valence-electron chi connectivity index (χ3n) is 3.91. The van der Waals surface area contributed by atoms with Crippen LogP contribution >= 0.6 is 0 Å². The van der Waals surface area contributed by atoms with Crippen LogP contribution in [0.5, 0.6) is 5.75 Å². The highest BCUT2D eigenvalue weighted by Gasteiger charge is 2.30. The Balaban J connectivity index is 1.95. The zero-order chi connectivity index (χ0) is 14.6. The minimum Gasteiger partial charge on any atom is -0.487 e. The lowest BCUT2D eigenvalue weighted by Gasteiger charge is -2.38. The van der Waals surface area contributed by atoms with Crippen molar-refractivity contribution in [3.05, 3.63) is 29.8 Å². The summed E-state index contributed by atoms with van der Waals surface area (Å²) in [6.07, 6.45) is 2.37. The molecule has 0 atom stereocenters. The number of benzene rings is 1. The van der Waals surface area contributed by atoms with Gasteiger partial charge in [0, 0.05) is 13.1 Å². The average molecular weight is 277 g/mol. The Morgan fingerprint density at radius 2 is 1.85 bits per heavy atom. The molecule has 4 nitrogen and oxygen atoms in total. The van der Waals surface area contributed by atoms with Gasteiger partial charge in [0.15, 0.2) is 0 Å². The maximum Gasteiger partial charge on any atom is 0.309 e. The van der Waals surface area contributed by atoms with Crippen molar-refractivity contribution >= 4 is 5.97 Å². The zero-order valence-corrected chi connectivity index (χ0v) is 12.5. The summed E-state index contributed by atoms with van der Waals surface area (Å²) in [5, 5.41) is 0. The van der Waals surface area contributed by atoms with Crippen molar-refractivity contribution in [2.75, 3.05) is 27.2 Å². The van der Waals surface area contributed by atoms with Gasteiger partial charge >= 0.3 is 5.97 Å². The van der Waals surface area contributed by atoms with E-state index >= 15 is 0 Å². The number of carbonyl (C=O) groups is 1. The second kappa shape index (κ2) is 6.27. The van der Waals surface area contributed by atoms with Crippen LogP contribution in [-0.2, 0) is 16.0 Å². The average Bonchev–Trinajstić information content (AvgIpc) is 2.44. The van der Waals surface area contributed by atoms with Gasteiger partial charge in [0.1, 0.15) is 11.4 Å². The molecule has 0 spiro atoms. The quantitative estimate of drug-likeness (QED) is 0.791. The third-order valence-corrected chi connectivity index (χ3v) is 3.91. The number of piperidine rings is 1. The van der Waals surface area contributed by atoms with Crippen LogP contribution in [0.3, 0.4) is 0 Å². The normalized spacial score (nSPS) is 18.6. The van der Waals surface area contributed by atoms with Crippen LogP contribution in [-0.4, -0.2) is 43.7 Å². The number of hydrogen-bond donors (Lipinski definition) is 0. The van der Waals surface area contributed by atoms with Crippen LogP contribution in [0.25, 0.3) is 0 Å². The van der Waals surface area contributed by atoms with Gasteiger partial charge in [-0.1, -0.05) is 12.1 Å². The van der Waals surface area contributed by atoms with Gasteiger partial charge < -0.3 is 14.4 Å². The predicted octanol–water partition coefficient (Wildman–Crippen LogP) is 2.27. The van der Waals surface area contributed by atoms with Crippen LogP contribution in [0, 0.1) is 0 Å². The van der Waals surface area contributed by atoms with E-state index in [1.807, 2.05) is 24.3 Å². The highest BCUT2D eigenvalue weighted by Crippen LogP contribution is 2.28. The monoisotopic (exact) mass is 277 g/mol. The lowest BCUT2D eigenvalue weighted by molar-refractivity contribution is -0.139. The number of methoxy groups -OCH3 is 1. The summed E-state index contributed by atoms with van der Waals surface area (Å²) in [5.41, 5.74) is 0.855. The van der Waals surface area contributed by atoms with Crippen molar-refractivity contribution in [3.8, 4) is 5.75 Å². The van der Waals surface area contributed by atoms with E-state index in [-0.39, 0.29) is 11.6 Å². The van der Waals surface area contributed by atoms with Crippen LogP contribution in [0.4, 0.5) is 0 Å². The van der Waals surface area contributed by atoms with Crippen LogP contribution in [0.1, 0.15) is 25.3 Å². The molecule has 4 heteroatoms. The molecule has 0 radical (unpaired) electrons. The highest BCUT2D eigenvalue weighted by molar-refractivity contribution is 5.72. The van der Waals surface area contributed by atoms with E-state index in [4.69, 9.17) is 4.74 Å². The molecule has 110 valence electrons. The first-order chi connectivity index (χ1) is 9.50. The molecule has 0 unspecified atom stereocenters. The van der Waals surface area contributed by atoms with Gasteiger partial charge in [-0.05, 0) is 44.5 Å². The summed E-state index contributed by atoms with van der Waals surface area (Å²) < 4.78 is 10.8. The fourth-order valence-corrected chi connectivity index (χ4v) is 2.39. The maximum atomic E-state index is 11.2. The standard InChI is InChI=1S/C16H23NO3/c1-16(8-10-17(2)11-9-16)20-14-6-4-13(5-7-14)12-15(18)19-3/h4-7H,8-12H2,1-3H3. The molecule has 0 aliphatic carbocycles. The summed E-state index contributed by atoms with van der Waals surface area (Å²) in [4.78, 5) is 13.5. The molecule has 1 fully saturated rings. The van der Waals surface area contributed by atoms with Gasteiger partial charge in [0.2, 0.25) is 0 Å². The zero-order valence-electron chi connectivity index (χ0n) is 12.5. The van der Waals surface area contributed by atoms with E-state index in [1.165, 1.54) is 7.11 Å². The summed E-state index contributed by atoms with van der Waals surface area (Å²) >= 11 is 0. The Labute approximate surface area is 120 Å². The van der Waals surface area contributed by atoms with Crippen molar-refractivity contribution in [1.82, 2.24) is 4.90 Å². The van der Waals surface area contributed by atoms with E-state index < -0.39 is 0 Å². The molecule has 0 saturated carbocycles. The van der Waals surface area contributed by atoms with Crippen molar-refractivity contribution in [2.45, 2.75) is 31.8 Å². The summed E-state index contributed by atoms with van der Waals surface area (Å²) in [7, 11) is 3.54. The van der Waals surface area contributed by atoms with E-state index in [0.717, 1.165) is 37.2 Å². The number of rotatable bonds is 4. The van der Waals surface area contributed by atoms with Crippen molar-refractivity contribution in [1.29, 1.82) is 0 Å². The van der Waals surface area contributed by atoms with E-state index in [0.29, 0.717) is 6.42 Å². The fourth-order valence-electron chi connectivity index (χ4n) is 2.39. The summed E-state index contributed by atoms with van der Waals surface area (Å²) in [6.45, 7) is 4.30. The summed E-state index contributed by atoms with van der Waals surface area (Å²) in [5.74, 6) is 0.645. The molecular weight excluding hydrogens is 254 g/mol. The predicted molar refractivity (Wildman–Crippen MR) is 77.9 cm³/mol. The van der Waals surface area contributed by atoms with E-state index in [2.05, 4.69) is 23.6 Å². The molecule has 0 amide bonds. The number of esters is 1. The van der Waals surface area contributed by atoms with Gasteiger partial charge in [-0.3, -0.25) is 4.79 Å². The summed E-state index contributed by atoms with van der Waals surface area (Å²) in [6, 6.07) is 7.71. The van der Waals surface area contributed by atoms with Crippen molar-refractivity contribution in [3.63, 3.8) is 0 Å². The van der Waals surface area contributed by atoms with Crippen molar-refractivity contribution in [2.24, 2.45) is 0 Å². The number of ether oxygens (including phenoxy) is 2. The van der Waals surface area contributed by atoms with Crippen molar-refractivity contribution < 1.29 is 14.3 Å². The minimum atomic E-state index is -0.221. The molecule has 1 saturated heterocycles. The first-order valence-corrected chi connectivity index (χ1v) is 7.04. The first kappa shape index (κ1) is 14.9. The molecule has 2 rings (SSSR count). The lowest BCUT2D eigenvalue weighted by atomic mass is 9.93. The number of likely N-dealkylation sites (tertiary alicyclic amines) is 1. The Morgan fingerprint density at radius 1 is 1.25 bits per heavy atom. The SMILES string of the molecule is COC(=O)Cc1ccc(OC2(C)CCN(C)CC2)cc1. The molecule has 20 heavy (non-hydrogen) atoms. The molecule has 1 aromatic rings. The van der Waals surface area contributed by atoms with Crippen LogP contribution in [0.15, 0.2) is 24.3 Å². The fraction of sp³-hybridized carbons (Fsp3) is 0.562. The molecular formula is C16H23NO3. The van der Waals surface area contributed by atoms with E-state index in [9.17, 15) is 4.79 Å². The molecule has 1 aromatic carbocycles. The number of nitrogens with zero attached hydrogens (tertiary/aromatic N) is 1. The molecule has 0 aromatic heterocycles. The molecule has 1 aliphatic rings. The molecule has 0 N–H and O–H groups in total. The molecule has 1 heterocycles. The Kier molecular flexibility index (Phi) is 4.65. The smallest absolute Gasteiger partial charge is 0.309 e. The largest absolute Gasteiger partial charge is 0.487 e. The Hall–Kier alpha value is -1.55. The molecule has 0 bridgehead atoms. The number of carbonyl (C=O) groups excluding carboxylic acids is 1. The lowest BCUT2D eigenvalue weighted by Crippen LogP contribution is -2.44. The van der Waals surface area contributed by atoms with Gasteiger partial charge in [-0.25, -0.2) is 0 Å². The first-order valence-electron chi connectivity index (χ1n) is 7.04. The third kappa shape index (κ3) is 3.97. The van der Waals surface area contributed by atoms with E-state index in [1.54, 1.807) is 0 Å². The van der Waals surface area contributed by atoms with Gasteiger partial charge in [0.05, 0.1) is 13.5 Å². The van der Waals surface area contributed by atoms with Gasteiger partial charge in [-0.2, -0.15) is 0 Å². The highest BCUT2D eigenvalue weighted by atomic mass is 16.5. The van der Waals surface area contributed by atoms with Crippen LogP contribution in [0.2, 0.25) is 0 Å². The maximum absolute atomic E-state index is 11.2. The topological polar surface area (TPSA) is 38.8 Å². The second-order valence-electron chi connectivity index (χ2n) is 5.75. The minimum absolute atomic E-state index is 0.0869. The number of hydrogen-bond acceptors (Lipinski definition) is 4. The Morgan fingerprint density at radius 3 is 2.40 bits per heavy atom.